The Kier molecular flexibility index (Phi) is 5.31. The van der Waals surface area contributed by atoms with Crippen LogP contribution in [0.5, 0.6) is 0 Å². The molecule has 136 valence electrons. The number of nitrogens with zero attached hydrogens (tertiary/aromatic N) is 1. The molecule has 0 radical (unpaired) electrons. The van der Waals surface area contributed by atoms with E-state index in [1.54, 1.807) is 0 Å². The molecular formula is C24H24N2O. The summed E-state index contributed by atoms with van der Waals surface area (Å²) in [5.41, 5.74) is 4.89. The molecule has 0 bridgehead atoms. The minimum atomic E-state index is 0.0613. The maximum Gasteiger partial charge on any atom is 0.124 e. The third-order valence-electron chi connectivity index (χ3n) is 4.82. The van der Waals surface area contributed by atoms with Crippen LogP contribution in [-0.4, -0.2) is 12.4 Å². The van der Waals surface area contributed by atoms with Gasteiger partial charge >= 0.3 is 0 Å². The number of aryl methyl sites for hydroxylation is 1. The minimum Gasteiger partial charge on any atom is -0.369 e. The standard InChI is InChI=1S/C24H24N2O/c1-18-9-8-10-19(15-18)16-27-17-22-25-23(20-11-4-2-5-12-20)24(26-22)21-13-6-3-7-14-21/h2-15,23-24H,16-17H2,1H3,(H,25,26)/t23-,24+. The maximum atomic E-state index is 5.93. The van der Waals surface area contributed by atoms with Crippen LogP contribution >= 0.6 is 0 Å². The highest BCUT2D eigenvalue weighted by Crippen LogP contribution is 2.35. The van der Waals surface area contributed by atoms with Crippen molar-refractivity contribution in [3.63, 3.8) is 0 Å². The molecule has 1 heterocycles. The average Bonchev–Trinajstić information content (AvgIpc) is 3.14. The number of aliphatic imine (C=N–C) groups is 1. The van der Waals surface area contributed by atoms with Crippen molar-refractivity contribution in [1.82, 2.24) is 5.32 Å². The van der Waals surface area contributed by atoms with E-state index in [-0.39, 0.29) is 12.1 Å². The van der Waals surface area contributed by atoms with E-state index in [1.165, 1.54) is 22.3 Å². The Balaban J connectivity index is 1.48. The summed E-state index contributed by atoms with van der Waals surface area (Å²) in [6.45, 7) is 3.18. The molecule has 1 aliphatic rings. The molecule has 3 aromatic carbocycles. The Bertz CT molecular complexity index is 906. The van der Waals surface area contributed by atoms with Crippen LogP contribution in [0.3, 0.4) is 0 Å². The number of benzene rings is 3. The number of ether oxygens (including phenoxy) is 1. The average molecular weight is 356 g/mol. The van der Waals surface area contributed by atoms with Gasteiger partial charge in [-0.2, -0.15) is 0 Å². The molecule has 0 aromatic heterocycles. The van der Waals surface area contributed by atoms with E-state index in [4.69, 9.17) is 9.73 Å². The molecule has 3 nitrogen and oxygen atoms in total. The Morgan fingerprint density at radius 2 is 1.52 bits per heavy atom. The van der Waals surface area contributed by atoms with Gasteiger partial charge in [-0.25, -0.2) is 0 Å². The lowest BCUT2D eigenvalue weighted by Gasteiger charge is -2.19. The third-order valence-corrected chi connectivity index (χ3v) is 4.82. The van der Waals surface area contributed by atoms with Crippen molar-refractivity contribution in [3.05, 3.63) is 107 Å². The van der Waals surface area contributed by atoms with Crippen molar-refractivity contribution in [3.8, 4) is 0 Å². The lowest BCUT2D eigenvalue weighted by Crippen LogP contribution is -2.27. The van der Waals surface area contributed by atoms with Crippen LogP contribution in [0.25, 0.3) is 0 Å². The fraction of sp³-hybridized carbons (Fsp3) is 0.208. The van der Waals surface area contributed by atoms with Crippen LogP contribution in [0.15, 0.2) is 89.9 Å². The van der Waals surface area contributed by atoms with Crippen molar-refractivity contribution in [2.45, 2.75) is 25.6 Å². The lowest BCUT2D eigenvalue weighted by molar-refractivity contribution is 0.156. The second-order valence-corrected chi connectivity index (χ2v) is 6.95. The summed E-state index contributed by atoms with van der Waals surface area (Å²) in [7, 11) is 0. The molecule has 3 aromatic rings. The van der Waals surface area contributed by atoms with E-state index in [1.807, 2.05) is 12.1 Å². The van der Waals surface area contributed by atoms with E-state index in [0.717, 1.165) is 5.84 Å². The van der Waals surface area contributed by atoms with Gasteiger partial charge in [0.15, 0.2) is 0 Å². The summed E-state index contributed by atoms with van der Waals surface area (Å²) in [5.74, 6) is 0.908. The topological polar surface area (TPSA) is 33.6 Å². The van der Waals surface area contributed by atoms with Crippen LogP contribution in [-0.2, 0) is 11.3 Å². The van der Waals surface area contributed by atoms with Crippen molar-refractivity contribution in [2.24, 2.45) is 4.99 Å². The zero-order valence-electron chi connectivity index (χ0n) is 15.5. The fourth-order valence-electron chi connectivity index (χ4n) is 3.53. The maximum absolute atomic E-state index is 5.93. The molecule has 0 saturated carbocycles. The first-order chi connectivity index (χ1) is 13.3. The van der Waals surface area contributed by atoms with Gasteiger partial charge in [-0.3, -0.25) is 4.99 Å². The van der Waals surface area contributed by atoms with Gasteiger partial charge in [0.1, 0.15) is 18.5 Å². The highest BCUT2D eigenvalue weighted by Gasteiger charge is 2.30. The second-order valence-electron chi connectivity index (χ2n) is 6.95. The summed E-state index contributed by atoms with van der Waals surface area (Å²) in [5, 5.41) is 3.58. The van der Waals surface area contributed by atoms with E-state index in [2.05, 4.69) is 85.0 Å². The highest BCUT2D eigenvalue weighted by molar-refractivity contribution is 5.86. The Morgan fingerprint density at radius 3 is 2.22 bits per heavy atom. The summed E-state index contributed by atoms with van der Waals surface area (Å²) in [4.78, 5) is 4.95. The zero-order valence-corrected chi connectivity index (χ0v) is 15.5. The summed E-state index contributed by atoms with van der Waals surface area (Å²) in [6, 6.07) is 29.6. The first-order valence-electron chi connectivity index (χ1n) is 9.36. The summed E-state index contributed by atoms with van der Waals surface area (Å²) in [6.07, 6.45) is 0. The van der Waals surface area contributed by atoms with E-state index in [0.29, 0.717) is 13.2 Å². The predicted octanol–water partition coefficient (Wildman–Crippen LogP) is 5.00. The summed E-state index contributed by atoms with van der Waals surface area (Å²) >= 11 is 0. The quantitative estimate of drug-likeness (QED) is 0.674. The molecule has 4 rings (SSSR count). The third kappa shape index (κ3) is 4.26. The van der Waals surface area contributed by atoms with Crippen LogP contribution in [0.2, 0.25) is 0 Å². The number of hydrogen-bond donors (Lipinski definition) is 1. The molecule has 0 spiro atoms. The van der Waals surface area contributed by atoms with Gasteiger partial charge in [0.2, 0.25) is 0 Å². The van der Waals surface area contributed by atoms with Crippen molar-refractivity contribution < 1.29 is 4.74 Å². The predicted molar refractivity (Wildman–Crippen MR) is 110 cm³/mol. The van der Waals surface area contributed by atoms with Gasteiger partial charge in [0, 0.05) is 0 Å². The van der Waals surface area contributed by atoms with Crippen molar-refractivity contribution in [1.29, 1.82) is 0 Å². The molecule has 0 aliphatic carbocycles. The first-order valence-corrected chi connectivity index (χ1v) is 9.36. The fourth-order valence-corrected chi connectivity index (χ4v) is 3.53. The molecule has 1 aliphatic heterocycles. The molecule has 0 amide bonds. The van der Waals surface area contributed by atoms with Crippen LogP contribution < -0.4 is 5.32 Å². The SMILES string of the molecule is Cc1cccc(COCC2=N[C@@H](c3ccccc3)[C@@H](c3ccccc3)N2)c1. The van der Waals surface area contributed by atoms with E-state index >= 15 is 0 Å². The molecule has 27 heavy (non-hydrogen) atoms. The van der Waals surface area contributed by atoms with Crippen LogP contribution in [0.4, 0.5) is 0 Å². The first kappa shape index (κ1) is 17.5. The smallest absolute Gasteiger partial charge is 0.124 e. The molecule has 0 unspecified atom stereocenters. The van der Waals surface area contributed by atoms with Gasteiger partial charge in [-0.15, -0.1) is 0 Å². The number of hydrogen-bond acceptors (Lipinski definition) is 3. The molecular weight excluding hydrogens is 332 g/mol. The van der Waals surface area contributed by atoms with Gasteiger partial charge in [0.05, 0.1) is 12.6 Å². The number of amidine groups is 1. The second kappa shape index (κ2) is 8.19. The van der Waals surface area contributed by atoms with Crippen molar-refractivity contribution >= 4 is 5.84 Å². The Labute approximate surface area is 160 Å². The van der Waals surface area contributed by atoms with Gasteiger partial charge in [-0.1, -0.05) is 90.5 Å². The van der Waals surface area contributed by atoms with Gasteiger partial charge in [0.25, 0.3) is 0 Å². The van der Waals surface area contributed by atoms with Crippen LogP contribution in [0.1, 0.15) is 34.3 Å². The van der Waals surface area contributed by atoms with Crippen molar-refractivity contribution in [2.75, 3.05) is 6.61 Å². The minimum absolute atomic E-state index is 0.0613. The number of rotatable bonds is 6. The Morgan fingerprint density at radius 1 is 0.815 bits per heavy atom. The zero-order chi connectivity index (χ0) is 18.5. The molecule has 0 fully saturated rings. The summed E-state index contributed by atoms with van der Waals surface area (Å²) < 4.78 is 5.93. The lowest BCUT2D eigenvalue weighted by atomic mass is 9.95. The van der Waals surface area contributed by atoms with Crippen LogP contribution in [0, 0.1) is 6.92 Å². The van der Waals surface area contributed by atoms with E-state index < -0.39 is 0 Å². The molecule has 1 N–H and O–H groups in total. The van der Waals surface area contributed by atoms with Gasteiger partial charge in [-0.05, 0) is 23.6 Å². The largest absolute Gasteiger partial charge is 0.369 e. The van der Waals surface area contributed by atoms with E-state index in [9.17, 15) is 0 Å². The Hall–Kier alpha value is -2.91. The highest BCUT2D eigenvalue weighted by atomic mass is 16.5. The molecule has 0 saturated heterocycles. The monoisotopic (exact) mass is 356 g/mol. The molecule has 3 heteroatoms. The molecule has 2 atom stereocenters. The number of nitrogens with one attached hydrogen (secondary N) is 1. The normalized spacial score (nSPS) is 18.8. The van der Waals surface area contributed by atoms with Gasteiger partial charge < -0.3 is 10.1 Å².